The van der Waals surface area contributed by atoms with Crippen LogP contribution in [0.2, 0.25) is 0 Å². The van der Waals surface area contributed by atoms with E-state index in [4.69, 9.17) is 23.7 Å². The molecule has 0 aliphatic carbocycles. The predicted molar refractivity (Wildman–Crippen MR) is 232 cm³/mol. The smallest absolute Gasteiger partial charge is 0.319 e. The molecule has 0 bridgehead atoms. The topological polar surface area (TPSA) is 111 Å². The molecule has 2 amide bonds. The lowest BCUT2D eigenvalue weighted by Crippen LogP contribution is -2.45. The minimum Gasteiger partial charge on any atom is -0.493 e. The van der Waals surface area contributed by atoms with Gasteiger partial charge in [0.2, 0.25) is 0 Å². The fourth-order valence-corrected chi connectivity index (χ4v) is 7.96. The Bertz CT molecular complexity index is 2350. The molecule has 6 aromatic carbocycles. The molecule has 308 valence electrons. The van der Waals surface area contributed by atoms with Gasteiger partial charge in [-0.1, -0.05) is 91.9 Å². The quantitative estimate of drug-likeness (QED) is 0.106. The van der Waals surface area contributed by atoms with Crippen molar-refractivity contribution < 1.29 is 33.6 Å². The molecule has 2 aliphatic rings. The number of anilines is 1. The molecule has 60 heavy (non-hydrogen) atoms. The first kappa shape index (κ1) is 40.6. The van der Waals surface area contributed by atoms with E-state index in [-0.39, 0.29) is 30.8 Å². The zero-order valence-electron chi connectivity index (χ0n) is 34.2. The molecule has 6 aromatic rings. The standard InChI is InChI=1S/C50H51N3O7/c1-33-47(31-53-25-24-40-27-45(56-2)46(57-3)28-41(40)30-53)59-49(60-48(33)37-14-12-34(32-54)13-15-37)38-18-16-36(17-19-38)39-9-7-8-35(26-39)29-51-50(55)52-42-20-22-44(23-21-42)58-43-10-5-4-6-11-43/h4-23,26-28,33,47-49,54H,24-25,29-32H2,1-3H3,(H2,51,52,55)/t33-,47+,48+,49+/m1/s1. The minimum atomic E-state index is -0.578. The first-order chi connectivity index (χ1) is 29.3. The normalized spacial score (nSPS) is 18.9. The molecule has 1 saturated heterocycles. The third kappa shape index (κ3) is 9.65. The number of carbonyl (C=O) groups is 1. The maximum Gasteiger partial charge on any atom is 0.319 e. The van der Waals surface area contributed by atoms with Crippen molar-refractivity contribution in [2.24, 2.45) is 5.92 Å². The lowest BCUT2D eigenvalue weighted by Gasteiger charge is -2.43. The van der Waals surface area contributed by atoms with E-state index in [0.29, 0.717) is 18.0 Å². The van der Waals surface area contributed by atoms with Crippen molar-refractivity contribution in [3.05, 3.63) is 173 Å². The van der Waals surface area contributed by atoms with Crippen molar-refractivity contribution >= 4 is 11.7 Å². The summed E-state index contributed by atoms with van der Waals surface area (Å²) in [6.45, 7) is 4.99. The molecule has 0 saturated carbocycles. The predicted octanol–water partition coefficient (Wildman–Crippen LogP) is 9.83. The molecule has 10 heteroatoms. The van der Waals surface area contributed by atoms with Crippen molar-refractivity contribution in [2.75, 3.05) is 32.6 Å². The average Bonchev–Trinajstić information content (AvgIpc) is 3.29. The zero-order valence-corrected chi connectivity index (χ0v) is 34.2. The molecule has 0 spiro atoms. The molecular weight excluding hydrogens is 755 g/mol. The Morgan fingerprint density at radius 2 is 1.43 bits per heavy atom. The molecule has 2 heterocycles. The number of aliphatic hydroxyl groups is 1. The number of hydrogen-bond acceptors (Lipinski definition) is 8. The van der Waals surface area contributed by atoms with E-state index in [1.807, 2.05) is 78.9 Å². The highest BCUT2D eigenvalue weighted by Crippen LogP contribution is 2.43. The van der Waals surface area contributed by atoms with Crippen molar-refractivity contribution in [2.45, 2.75) is 51.5 Å². The van der Waals surface area contributed by atoms with Crippen LogP contribution < -0.4 is 24.8 Å². The number of ether oxygens (including phenoxy) is 5. The third-order valence-corrected chi connectivity index (χ3v) is 11.3. The van der Waals surface area contributed by atoms with Gasteiger partial charge in [-0.25, -0.2) is 4.79 Å². The number of nitrogens with zero attached hydrogens (tertiary/aromatic N) is 1. The largest absolute Gasteiger partial charge is 0.493 e. The van der Waals surface area contributed by atoms with E-state index >= 15 is 0 Å². The van der Waals surface area contributed by atoms with Crippen LogP contribution in [0.15, 0.2) is 140 Å². The highest BCUT2D eigenvalue weighted by atomic mass is 16.7. The van der Waals surface area contributed by atoms with Gasteiger partial charge in [-0.3, -0.25) is 4.90 Å². The number of hydrogen-bond donors (Lipinski definition) is 3. The second kappa shape index (κ2) is 18.8. The number of rotatable bonds is 13. The molecular formula is C50H51N3O7. The van der Waals surface area contributed by atoms with Crippen LogP contribution in [0, 0.1) is 5.92 Å². The van der Waals surface area contributed by atoms with Crippen LogP contribution in [0.5, 0.6) is 23.0 Å². The van der Waals surface area contributed by atoms with Crippen LogP contribution >= 0.6 is 0 Å². The number of fused-ring (bicyclic) bond motifs is 1. The van der Waals surface area contributed by atoms with Gasteiger partial charge in [0, 0.05) is 43.3 Å². The number of benzene rings is 6. The number of para-hydroxylation sites is 1. The highest BCUT2D eigenvalue weighted by Gasteiger charge is 2.39. The summed E-state index contributed by atoms with van der Waals surface area (Å²) in [6.07, 6.45) is 0.0136. The summed E-state index contributed by atoms with van der Waals surface area (Å²) in [7, 11) is 3.35. The lowest BCUT2D eigenvalue weighted by atomic mass is 9.89. The first-order valence-electron chi connectivity index (χ1n) is 20.4. The summed E-state index contributed by atoms with van der Waals surface area (Å²) < 4.78 is 30.7. The zero-order chi connectivity index (χ0) is 41.4. The summed E-state index contributed by atoms with van der Waals surface area (Å²) >= 11 is 0. The Morgan fingerprint density at radius 3 is 2.15 bits per heavy atom. The molecule has 2 aliphatic heterocycles. The molecule has 0 aromatic heterocycles. The SMILES string of the molecule is COc1cc2c(cc1OC)CN(C[C@@H]1O[C@H](c3ccc(-c4cccc(CNC(=O)Nc5ccc(Oc6ccccc6)cc5)c4)cc3)O[C@H](c3ccc(CO)cc3)[C@@H]1C)CC2. The van der Waals surface area contributed by atoms with Crippen molar-refractivity contribution in [3.63, 3.8) is 0 Å². The van der Waals surface area contributed by atoms with Gasteiger partial charge in [-0.05, 0) is 100.0 Å². The summed E-state index contributed by atoms with van der Waals surface area (Å²) in [4.78, 5) is 15.3. The summed E-state index contributed by atoms with van der Waals surface area (Å²) in [5.74, 6) is 3.00. The fraction of sp³-hybridized carbons (Fsp3) is 0.260. The van der Waals surface area contributed by atoms with E-state index in [9.17, 15) is 9.90 Å². The van der Waals surface area contributed by atoms with E-state index in [1.165, 1.54) is 11.1 Å². The molecule has 1 fully saturated rings. The number of carbonyl (C=O) groups excluding carboxylic acids is 1. The Hall–Kier alpha value is -6.17. The highest BCUT2D eigenvalue weighted by molar-refractivity contribution is 5.89. The maximum absolute atomic E-state index is 12.8. The molecule has 4 atom stereocenters. The lowest BCUT2D eigenvalue weighted by molar-refractivity contribution is -0.276. The number of aliphatic hydroxyl groups excluding tert-OH is 1. The summed E-state index contributed by atoms with van der Waals surface area (Å²) in [5.41, 5.74) is 9.09. The minimum absolute atomic E-state index is 0.00841. The number of nitrogens with one attached hydrogen (secondary N) is 2. The third-order valence-electron chi connectivity index (χ3n) is 11.3. The molecule has 10 nitrogen and oxygen atoms in total. The summed E-state index contributed by atoms with van der Waals surface area (Å²) in [6, 6.07) is 45.2. The molecule has 0 radical (unpaired) electrons. The van der Waals surface area contributed by atoms with Gasteiger partial charge in [0.25, 0.3) is 0 Å². The van der Waals surface area contributed by atoms with Gasteiger partial charge in [-0.15, -0.1) is 0 Å². The van der Waals surface area contributed by atoms with Gasteiger partial charge in [0.15, 0.2) is 17.8 Å². The van der Waals surface area contributed by atoms with Gasteiger partial charge < -0.3 is 39.4 Å². The van der Waals surface area contributed by atoms with Crippen molar-refractivity contribution in [3.8, 4) is 34.1 Å². The van der Waals surface area contributed by atoms with E-state index in [2.05, 4.69) is 83.1 Å². The van der Waals surface area contributed by atoms with Crippen LogP contribution in [0.25, 0.3) is 11.1 Å². The second-order valence-electron chi connectivity index (χ2n) is 15.4. The number of urea groups is 1. The molecule has 8 rings (SSSR count). The maximum atomic E-state index is 12.8. The second-order valence-corrected chi connectivity index (χ2v) is 15.4. The van der Waals surface area contributed by atoms with Crippen molar-refractivity contribution in [1.29, 1.82) is 0 Å². The Labute approximate surface area is 351 Å². The van der Waals surface area contributed by atoms with Crippen LogP contribution in [-0.2, 0) is 35.6 Å². The molecule has 3 N–H and O–H groups in total. The monoisotopic (exact) mass is 805 g/mol. The fourth-order valence-electron chi connectivity index (χ4n) is 7.96. The molecule has 0 unspecified atom stereocenters. The average molecular weight is 806 g/mol. The van der Waals surface area contributed by atoms with Crippen LogP contribution in [0.4, 0.5) is 10.5 Å². The van der Waals surface area contributed by atoms with E-state index in [0.717, 1.165) is 76.7 Å². The van der Waals surface area contributed by atoms with E-state index in [1.54, 1.807) is 14.2 Å². The first-order valence-corrected chi connectivity index (χ1v) is 20.4. The van der Waals surface area contributed by atoms with E-state index < -0.39 is 6.29 Å². The number of amides is 2. The van der Waals surface area contributed by atoms with Gasteiger partial charge in [0.05, 0.1) is 33.0 Å². The van der Waals surface area contributed by atoms with Gasteiger partial charge >= 0.3 is 6.03 Å². The Balaban J connectivity index is 0.924. The number of methoxy groups -OCH3 is 2. The van der Waals surface area contributed by atoms with Crippen LogP contribution in [0.1, 0.15) is 52.7 Å². The van der Waals surface area contributed by atoms with Crippen molar-refractivity contribution in [1.82, 2.24) is 10.2 Å². The Morgan fingerprint density at radius 1 is 0.733 bits per heavy atom. The van der Waals surface area contributed by atoms with Gasteiger partial charge in [0.1, 0.15) is 11.5 Å². The van der Waals surface area contributed by atoms with Crippen LogP contribution in [0.3, 0.4) is 0 Å². The van der Waals surface area contributed by atoms with Gasteiger partial charge in [-0.2, -0.15) is 0 Å². The Kier molecular flexibility index (Phi) is 12.7. The van der Waals surface area contributed by atoms with Crippen LogP contribution in [-0.4, -0.2) is 49.5 Å². The summed E-state index contributed by atoms with van der Waals surface area (Å²) in [5, 5.41) is 15.6.